The SMILES string of the molecule is Fc1ccc(N2CCN(C/C=C/c3ccccc3)CC2)cc1. The third kappa shape index (κ3) is 3.95. The lowest BCUT2D eigenvalue weighted by Gasteiger charge is -2.35. The molecule has 0 aromatic heterocycles. The molecule has 1 fully saturated rings. The van der Waals surface area contributed by atoms with Crippen molar-refractivity contribution in [2.45, 2.75) is 0 Å². The normalized spacial score (nSPS) is 16.3. The lowest BCUT2D eigenvalue weighted by Crippen LogP contribution is -2.46. The van der Waals surface area contributed by atoms with E-state index in [0.717, 1.165) is 38.4 Å². The lowest BCUT2D eigenvalue weighted by molar-refractivity contribution is 0.284. The van der Waals surface area contributed by atoms with Crippen LogP contribution in [-0.2, 0) is 0 Å². The van der Waals surface area contributed by atoms with Crippen molar-refractivity contribution in [2.75, 3.05) is 37.6 Å². The average molecular weight is 296 g/mol. The fourth-order valence-corrected chi connectivity index (χ4v) is 2.74. The van der Waals surface area contributed by atoms with E-state index in [1.165, 1.54) is 17.7 Å². The molecule has 0 saturated carbocycles. The first-order valence-electron chi connectivity index (χ1n) is 7.76. The Morgan fingerprint density at radius 3 is 2.23 bits per heavy atom. The summed E-state index contributed by atoms with van der Waals surface area (Å²) >= 11 is 0. The van der Waals surface area contributed by atoms with Gasteiger partial charge in [0.2, 0.25) is 0 Å². The highest BCUT2D eigenvalue weighted by Gasteiger charge is 2.15. The maximum atomic E-state index is 13.0. The molecular formula is C19H21FN2. The molecule has 0 bridgehead atoms. The van der Waals surface area contributed by atoms with Crippen LogP contribution in [0.25, 0.3) is 6.08 Å². The largest absolute Gasteiger partial charge is 0.369 e. The van der Waals surface area contributed by atoms with Gasteiger partial charge in [0, 0.05) is 38.4 Å². The number of hydrogen-bond acceptors (Lipinski definition) is 2. The van der Waals surface area contributed by atoms with Gasteiger partial charge in [0.1, 0.15) is 5.82 Å². The van der Waals surface area contributed by atoms with Crippen LogP contribution in [0.2, 0.25) is 0 Å². The molecule has 3 heteroatoms. The van der Waals surface area contributed by atoms with Gasteiger partial charge in [-0.3, -0.25) is 4.90 Å². The van der Waals surface area contributed by atoms with Crippen LogP contribution in [0, 0.1) is 5.82 Å². The van der Waals surface area contributed by atoms with Gasteiger partial charge in [0.05, 0.1) is 0 Å². The first kappa shape index (κ1) is 14.8. The molecular weight excluding hydrogens is 275 g/mol. The molecule has 1 aliphatic heterocycles. The van der Waals surface area contributed by atoms with Gasteiger partial charge in [-0.05, 0) is 29.8 Å². The van der Waals surface area contributed by atoms with Crippen molar-refractivity contribution in [3.63, 3.8) is 0 Å². The van der Waals surface area contributed by atoms with Crippen molar-refractivity contribution >= 4 is 11.8 Å². The summed E-state index contributed by atoms with van der Waals surface area (Å²) < 4.78 is 13.0. The average Bonchev–Trinajstić information content (AvgIpc) is 2.57. The maximum absolute atomic E-state index is 13.0. The molecule has 0 atom stereocenters. The minimum absolute atomic E-state index is 0.173. The maximum Gasteiger partial charge on any atom is 0.123 e. The molecule has 1 aliphatic rings. The number of benzene rings is 2. The summed E-state index contributed by atoms with van der Waals surface area (Å²) in [6.45, 7) is 5.04. The van der Waals surface area contributed by atoms with Gasteiger partial charge >= 0.3 is 0 Å². The highest BCUT2D eigenvalue weighted by Crippen LogP contribution is 2.16. The Hall–Kier alpha value is -2.13. The second-order valence-electron chi connectivity index (χ2n) is 5.58. The van der Waals surface area contributed by atoms with E-state index in [9.17, 15) is 4.39 Å². The highest BCUT2D eigenvalue weighted by molar-refractivity contribution is 5.49. The first-order chi connectivity index (χ1) is 10.8. The molecule has 0 aliphatic carbocycles. The van der Waals surface area contributed by atoms with Gasteiger partial charge in [0.15, 0.2) is 0 Å². The van der Waals surface area contributed by atoms with Gasteiger partial charge < -0.3 is 4.90 Å². The minimum Gasteiger partial charge on any atom is -0.369 e. The molecule has 22 heavy (non-hydrogen) atoms. The summed E-state index contributed by atoms with van der Waals surface area (Å²) in [5.41, 5.74) is 2.35. The fourth-order valence-electron chi connectivity index (χ4n) is 2.74. The molecule has 2 aromatic rings. The zero-order chi connectivity index (χ0) is 15.2. The molecule has 0 unspecified atom stereocenters. The topological polar surface area (TPSA) is 6.48 Å². The van der Waals surface area contributed by atoms with Gasteiger partial charge in [-0.15, -0.1) is 0 Å². The molecule has 2 nitrogen and oxygen atoms in total. The van der Waals surface area contributed by atoms with E-state index in [1.54, 1.807) is 0 Å². The van der Waals surface area contributed by atoms with Gasteiger partial charge in [0.25, 0.3) is 0 Å². The number of anilines is 1. The van der Waals surface area contributed by atoms with E-state index >= 15 is 0 Å². The van der Waals surface area contributed by atoms with Crippen molar-refractivity contribution in [3.8, 4) is 0 Å². The Bertz CT molecular complexity index is 599. The van der Waals surface area contributed by atoms with Crippen LogP contribution in [0.15, 0.2) is 60.7 Å². The predicted octanol–water partition coefficient (Wildman–Crippen LogP) is 3.66. The molecule has 0 spiro atoms. The van der Waals surface area contributed by atoms with Gasteiger partial charge in [-0.2, -0.15) is 0 Å². The number of hydrogen-bond donors (Lipinski definition) is 0. The molecule has 3 rings (SSSR count). The monoisotopic (exact) mass is 296 g/mol. The fraction of sp³-hybridized carbons (Fsp3) is 0.263. The van der Waals surface area contributed by atoms with Gasteiger partial charge in [-0.1, -0.05) is 42.5 Å². The summed E-state index contributed by atoms with van der Waals surface area (Å²) in [5.74, 6) is -0.173. The standard InChI is InChI=1S/C19H21FN2/c20-18-8-10-19(11-9-18)22-15-13-21(14-16-22)12-4-7-17-5-2-1-3-6-17/h1-11H,12-16H2/b7-4+. The molecule has 2 aromatic carbocycles. The number of piperazine rings is 1. The van der Waals surface area contributed by atoms with Crippen molar-refractivity contribution < 1.29 is 4.39 Å². The van der Waals surface area contributed by atoms with Crippen molar-refractivity contribution in [3.05, 3.63) is 72.1 Å². The zero-order valence-electron chi connectivity index (χ0n) is 12.7. The summed E-state index contributed by atoms with van der Waals surface area (Å²) in [5, 5.41) is 0. The smallest absolute Gasteiger partial charge is 0.123 e. The summed E-state index contributed by atoms with van der Waals surface area (Å²) in [7, 11) is 0. The van der Waals surface area contributed by atoms with Crippen LogP contribution in [0.1, 0.15) is 5.56 Å². The van der Waals surface area contributed by atoms with Crippen molar-refractivity contribution in [1.29, 1.82) is 0 Å². The Balaban J connectivity index is 1.47. The van der Waals surface area contributed by atoms with Crippen molar-refractivity contribution in [2.24, 2.45) is 0 Å². The Morgan fingerprint density at radius 1 is 0.864 bits per heavy atom. The minimum atomic E-state index is -0.173. The third-order valence-corrected chi connectivity index (χ3v) is 4.04. The summed E-state index contributed by atoms with van der Waals surface area (Å²) in [6, 6.07) is 17.2. The van der Waals surface area contributed by atoms with E-state index in [0.29, 0.717) is 0 Å². The number of rotatable bonds is 4. The lowest BCUT2D eigenvalue weighted by atomic mass is 10.2. The highest BCUT2D eigenvalue weighted by atomic mass is 19.1. The third-order valence-electron chi connectivity index (χ3n) is 4.04. The Morgan fingerprint density at radius 2 is 1.55 bits per heavy atom. The van der Waals surface area contributed by atoms with Crippen LogP contribution in [0.4, 0.5) is 10.1 Å². The van der Waals surface area contributed by atoms with E-state index in [2.05, 4.69) is 46.2 Å². The molecule has 0 amide bonds. The van der Waals surface area contributed by atoms with Crippen LogP contribution >= 0.6 is 0 Å². The van der Waals surface area contributed by atoms with Gasteiger partial charge in [-0.25, -0.2) is 4.39 Å². The van der Waals surface area contributed by atoms with E-state index < -0.39 is 0 Å². The second-order valence-corrected chi connectivity index (χ2v) is 5.58. The van der Waals surface area contributed by atoms with Crippen LogP contribution in [0.3, 0.4) is 0 Å². The quantitative estimate of drug-likeness (QED) is 0.849. The van der Waals surface area contributed by atoms with E-state index in [1.807, 2.05) is 18.2 Å². The molecule has 0 N–H and O–H groups in total. The van der Waals surface area contributed by atoms with E-state index in [-0.39, 0.29) is 5.82 Å². The molecule has 114 valence electrons. The zero-order valence-corrected chi connectivity index (χ0v) is 12.7. The summed E-state index contributed by atoms with van der Waals surface area (Å²) in [6.07, 6.45) is 4.40. The molecule has 0 radical (unpaired) electrons. The molecule has 1 saturated heterocycles. The van der Waals surface area contributed by atoms with E-state index in [4.69, 9.17) is 0 Å². The van der Waals surface area contributed by atoms with Crippen LogP contribution in [-0.4, -0.2) is 37.6 Å². The Kier molecular flexibility index (Phi) is 4.86. The van der Waals surface area contributed by atoms with Crippen LogP contribution in [0.5, 0.6) is 0 Å². The first-order valence-corrected chi connectivity index (χ1v) is 7.76. The van der Waals surface area contributed by atoms with Crippen LogP contribution < -0.4 is 4.90 Å². The predicted molar refractivity (Wildman–Crippen MR) is 90.5 cm³/mol. The molecule has 1 heterocycles. The second kappa shape index (κ2) is 7.23. The number of halogens is 1. The summed E-state index contributed by atoms with van der Waals surface area (Å²) in [4.78, 5) is 4.76. The van der Waals surface area contributed by atoms with Crippen molar-refractivity contribution in [1.82, 2.24) is 4.90 Å². The Labute approximate surface area is 131 Å². The number of nitrogens with zero attached hydrogens (tertiary/aromatic N) is 2.